The molecule has 0 radical (unpaired) electrons. The Morgan fingerprint density at radius 1 is 0.759 bits per heavy atom. The second kappa shape index (κ2) is 13.6. The molecule has 6 nitrogen and oxygen atoms in total. The van der Waals surface area contributed by atoms with Gasteiger partial charge < -0.3 is 14.6 Å². The molecule has 168 valence electrons. The number of hydrogen-bond donors (Lipinski definition) is 1. The number of carboxylic acid groups (broad SMARTS) is 1. The largest absolute Gasteiger partial charge is 0.481 e. The molecule has 0 aromatic carbocycles. The fraction of sp³-hybridized carbons (Fsp3) is 0.870. The Hall–Kier alpha value is -1.59. The Morgan fingerprint density at radius 2 is 1.14 bits per heavy atom. The minimum Gasteiger partial charge on any atom is -0.481 e. The topological polar surface area (TPSA) is 89.9 Å². The van der Waals surface area contributed by atoms with Gasteiger partial charge in [-0.25, -0.2) is 0 Å². The number of aliphatic carboxylic acids is 1. The molecule has 0 saturated heterocycles. The van der Waals surface area contributed by atoms with Gasteiger partial charge in [-0.05, 0) is 58.8 Å². The van der Waals surface area contributed by atoms with Crippen LogP contribution < -0.4 is 0 Å². The van der Waals surface area contributed by atoms with E-state index in [1.165, 1.54) is 0 Å². The smallest absolute Gasteiger partial charge is 0.309 e. The predicted octanol–water partition coefficient (Wildman–Crippen LogP) is 5.13. The van der Waals surface area contributed by atoms with Crippen molar-refractivity contribution < 1.29 is 29.0 Å². The average molecular weight is 413 g/mol. The number of rotatable bonds is 13. The summed E-state index contributed by atoms with van der Waals surface area (Å²) in [5.74, 6) is -3.57. The second-order valence-corrected chi connectivity index (χ2v) is 8.62. The zero-order valence-corrected chi connectivity index (χ0v) is 18.7. The lowest BCUT2D eigenvalue weighted by molar-refractivity contribution is -0.163. The van der Waals surface area contributed by atoms with Gasteiger partial charge in [0, 0.05) is 0 Å². The van der Waals surface area contributed by atoms with Crippen molar-refractivity contribution in [3.05, 3.63) is 0 Å². The highest BCUT2D eigenvalue weighted by atomic mass is 16.5. The molecule has 1 aliphatic rings. The normalized spacial score (nSPS) is 23.8. The van der Waals surface area contributed by atoms with E-state index in [-0.39, 0.29) is 37.0 Å². The Bertz CT molecular complexity index is 479. The van der Waals surface area contributed by atoms with Gasteiger partial charge >= 0.3 is 17.9 Å². The Morgan fingerprint density at radius 3 is 1.48 bits per heavy atom. The van der Waals surface area contributed by atoms with Crippen LogP contribution in [0.5, 0.6) is 0 Å². The lowest BCUT2D eigenvalue weighted by atomic mass is 9.75. The first-order valence-electron chi connectivity index (χ1n) is 11.4. The average Bonchev–Trinajstić information content (AvgIpc) is 2.67. The number of carbonyl (C=O) groups excluding carboxylic acids is 2. The van der Waals surface area contributed by atoms with E-state index in [0.29, 0.717) is 6.42 Å². The zero-order chi connectivity index (χ0) is 21.8. The first-order valence-corrected chi connectivity index (χ1v) is 11.4. The minimum atomic E-state index is -0.965. The zero-order valence-electron chi connectivity index (χ0n) is 18.7. The molecule has 0 bridgehead atoms. The molecule has 0 heterocycles. The van der Waals surface area contributed by atoms with Gasteiger partial charge in [0.2, 0.25) is 0 Å². The number of unbranched alkanes of at least 4 members (excludes halogenated alkanes) is 4. The van der Waals surface area contributed by atoms with Gasteiger partial charge in [0.05, 0.1) is 30.0 Å². The van der Waals surface area contributed by atoms with Crippen LogP contribution in [0.15, 0.2) is 0 Å². The Balaban J connectivity index is 2.64. The molecule has 1 rings (SSSR count). The summed E-state index contributed by atoms with van der Waals surface area (Å²) in [4.78, 5) is 36.8. The Labute approximate surface area is 175 Å². The summed E-state index contributed by atoms with van der Waals surface area (Å²) < 4.78 is 11.1. The molecule has 6 heteroatoms. The molecule has 0 aliphatic heterocycles. The SMILES string of the molecule is CCCCCC(C)OC(=O)C1CC(C(=O)O)CC(C(=O)OC(C)CCCCC)C1. The lowest BCUT2D eigenvalue weighted by Crippen LogP contribution is -2.37. The van der Waals surface area contributed by atoms with Crippen LogP contribution in [0.4, 0.5) is 0 Å². The monoisotopic (exact) mass is 412 g/mol. The van der Waals surface area contributed by atoms with Crippen molar-refractivity contribution in [2.45, 2.75) is 111 Å². The molecule has 4 atom stereocenters. The summed E-state index contributed by atoms with van der Waals surface area (Å²) in [7, 11) is 0. The molecule has 0 aromatic rings. The number of carbonyl (C=O) groups is 3. The summed E-state index contributed by atoms with van der Waals surface area (Å²) in [6.07, 6.45) is 8.37. The van der Waals surface area contributed by atoms with Crippen molar-refractivity contribution in [2.75, 3.05) is 0 Å². The summed E-state index contributed by atoms with van der Waals surface area (Å²) in [5.41, 5.74) is 0. The van der Waals surface area contributed by atoms with Crippen LogP contribution in [0.3, 0.4) is 0 Å². The van der Waals surface area contributed by atoms with E-state index >= 15 is 0 Å². The predicted molar refractivity (Wildman–Crippen MR) is 111 cm³/mol. The maximum Gasteiger partial charge on any atom is 0.309 e. The van der Waals surface area contributed by atoms with Crippen LogP contribution in [0.25, 0.3) is 0 Å². The van der Waals surface area contributed by atoms with E-state index in [1.807, 2.05) is 13.8 Å². The van der Waals surface area contributed by atoms with Gasteiger partial charge in [-0.2, -0.15) is 0 Å². The van der Waals surface area contributed by atoms with Crippen molar-refractivity contribution in [1.29, 1.82) is 0 Å². The van der Waals surface area contributed by atoms with E-state index in [4.69, 9.17) is 9.47 Å². The van der Waals surface area contributed by atoms with Gasteiger partial charge in [0.25, 0.3) is 0 Å². The third-order valence-corrected chi connectivity index (χ3v) is 5.79. The van der Waals surface area contributed by atoms with Crippen molar-refractivity contribution in [1.82, 2.24) is 0 Å². The third-order valence-electron chi connectivity index (χ3n) is 5.79. The highest BCUT2D eigenvalue weighted by Gasteiger charge is 2.41. The van der Waals surface area contributed by atoms with Gasteiger partial charge in [0.1, 0.15) is 0 Å². The van der Waals surface area contributed by atoms with Crippen LogP contribution in [0, 0.1) is 17.8 Å². The molecular weight excluding hydrogens is 372 g/mol. The third kappa shape index (κ3) is 9.64. The van der Waals surface area contributed by atoms with E-state index in [2.05, 4.69) is 13.8 Å². The lowest BCUT2D eigenvalue weighted by Gasteiger charge is -2.31. The van der Waals surface area contributed by atoms with Gasteiger partial charge in [-0.15, -0.1) is 0 Å². The number of hydrogen-bond acceptors (Lipinski definition) is 5. The standard InChI is InChI=1S/C23H40O6/c1-5-7-9-11-16(3)28-22(26)19-13-18(21(24)25)14-20(15-19)23(27)29-17(4)12-10-8-6-2/h16-20H,5-15H2,1-4H3,(H,24,25). The first kappa shape index (κ1) is 25.4. The number of ether oxygens (including phenoxy) is 2. The van der Waals surface area contributed by atoms with Crippen LogP contribution in [0.2, 0.25) is 0 Å². The minimum absolute atomic E-state index is 0.191. The fourth-order valence-corrected chi connectivity index (χ4v) is 3.98. The van der Waals surface area contributed by atoms with Crippen molar-refractivity contribution in [2.24, 2.45) is 17.8 Å². The highest BCUT2D eigenvalue weighted by molar-refractivity contribution is 5.79. The maximum absolute atomic E-state index is 12.6. The fourth-order valence-electron chi connectivity index (χ4n) is 3.98. The van der Waals surface area contributed by atoms with Crippen molar-refractivity contribution >= 4 is 17.9 Å². The molecule has 1 aliphatic carbocycles. The maximum atomic E-state index is 12.6. The number of esters is 2. The molecule has 4 unspecified atom stereocenters. The second-order valence-electron chi connectivity index (χ2n) is 8.62. The van der Waals surface area contributed by atoms with Crippen LogP contribution in [0.1, 0.15) is 98.3 Å². The quantitative estimate of drug-likeness (QED) is 0.333. The molecule has 1 N–H and O–H groups in total. The summed E-state index contributed by atoms with van der Waals surface area (Å²) in [6.45, 7) is 7.98. The van der Waals surface area contributed by atoms with E-state index in [0.717, 1.165) is 51.4 Å². The van der Waals surface area contributed by atoms with Crippen LogP contribution in [-0.2, 0) is 23.9 Å². The van der Waals surface area contributed by atoms with E-state index in [9.17, 15) is 19.5 Å². The van der Waals surface area contributed by atoms with E-state index in [1.54, 1.807) is 0 Å². The highest BCUT2D eigenvalue weighted by Crippen LogP contribution is 2.36. The molecule has 1 saturated carbocycles. The summed E-state index contributed by atoms with van der Waals surface area (Å²) >= 11 is 0. The van der Waals surface area contributed by atoms with Gasteiger partial charge in [-0.1, -0.05) is 39.5 Å². The molecule has 29 heavy (non-hydrogen) atoms. The Kier molecular flexibility index (Phi) is 11.9. The molecule has 0 spiro atoms. The van der Waals surface area contributed by atoms with Crippen LogP contribution >= 0.6 is 0 Å². The molecule has 0 amide bonds. The summed E-state index contributed by atoms with van der Waals surface area (Å²) in [6, 6.07) is 0. The molecular formula is C23H40O6. The molecule has 1 fully saturated rings. The number of carboxylic acids is 1. The van der Waals surface area contributed by atoms with Gasteiger partial charge in [-0.3, -0.25) is 14.4 Å². The van der Waals surface area contributed by atoms with Gasteiger partial charge in [0.15, 0.2) is 0 Å². The first-order chi connectivity index (χ1) is 13.8. The molecule has 0 aromatic heterocycles. The van der Waals surface area contributed by atoms with E-state index < -0.39 is 23.7 Å². The summed E-state index contributed by atoms with van der Waals surface area (Å²) in [5, 5.41) is 9.48. The van der Waals surface area contributed by atoms with Crippen molar-refractivity contribution in [3.63, 3.8) is 0 Å². The van der Waals surface area contributed by atoms with Crippen molar-refractivity contribution in [3.8, 4) is 0 Å². The van der Waals surface area contributed by atoms with Crippen LogP contribution in [-0.4, -0.2) is 35.2 Å².